The molecule has 0 fully saturated rings. The molecule has 0 aliphatic heterocycles. The summed E-state index contributed by atoms with van der Waals surface area (Å²) in [7, 11) is -4.95. The highest BCUT2D eigenvalue weighted by Crippen LogP contribution is 2.43. The van der Waals surface area contributed by atoms with Crippen molar-refractivity contribution < 1.29 is 50.0 Å². The molecule has 9 heteroatoms. The zero-order valence-electron chi connectivity index (χ0n) is 30.3. The van der Waals surface area contributed by atoms with Crippen molar-refractivity contribution in [2.24, 2.45) is 0 Å². The molecule has 0 aliphatic carbocycles. The topological polar surface area (TPSA) is 102 Å². The van der Waals surface area contributed by atoms with Crippen LogP contribution in [0.5, 0.6) is 0 Å². The number of carbonyl (C=O) groups is 1. The van der Waals surface area contributed by atoms with Crippen LogP contribution in [-0.2, 0) is 23.1 Å². The Hall–Kier alpha value is -0.760. The predicted octanol–water partition coefficient (Wildman–Crippen LogP) is 5.77. The van der Waals surface area contributed by atoms with Crippen molar-refractivity contribution in [3.63, 3.8) is 0 Å². The maximum Gasteiger partial charge on any atom is 0.472 e. The molecule has 0 amide bonds. The van der Waals surface area contributed by atoms with Gasteiger partial charge in [0.25, 0.3) is 0 Å². The van der Waals surface area contributed by atoms with Crippen LogP contribution in [0.4, 0.5) is 0 Å². The quantitative estimate of drug-likeness (QED) is 0.0536. The highest BCUT2D eigenvalue weighted by Gasteiger charge is 2.24. The van der Waals surface area contributed by atoms with Crippen LogP contribution in [-0.4, -0.2) is 73.8 Å². The molecule has 35 heavy (non-hydrogen) atoms. The van der Waals surface area contributed by atoms with E-state index in [2.05, 4.69) is 28.1 Å². The van der Waals surface area contributed by atoms with Gasteiger partial charge in [-0.1, -0.05) is 70.4 Å². The van der Waals surface area contributed by atoms with E-state index < -0.39 is 71.7 Å². The molecule has 0 aliphatic rings. The van der Waals surface area contributed by atoms with E-state index in [0.717, 1.165) is 38.5 Å². The van der Waals surface area contributed by atoms with Gasteiger partial charge in [-0.2, -0.15) is 0 Å². The number of allylic oxidation sites excluding steroid dienone is 2. The van der Waals surface area contributed by atoms with E-state index in [0.29, 0.717) is 6.42 Å². The Kier molecular flexibility index (Phi) is 12.9. The average Bonchev–Trinajstić information content (AvgIpc) is 2.88. The molecule has 2 atom stereocenters. The molecule has 208 valence electrons. The minimum Gasteiger partial charge on any atom is -0.463 e. The Balaban J connectivity index is 4.19. The van der Waals surface area contributed by atoms with Crippen LogP contribution in [0.3, 0.4) is 0 Å². The Labute approximate surface area is 226 Å². The van der Waals surface area contributed by atoms with Crippen molar-refractivity contribution in [2.45, 2.75) is 103 Å². The van der Waals surface area contributed by atoms with Gasteiger partial charge >= 0.3 is 13.8 Å². The van der Waals surface area contributed by atoms with Crippen LogP contribution in [0.15, 0.2) is 12.2 Å². The van der Waals surface area contributed by atoms with Crippen LogP contribution in [0.1, 0.15) is 109 Å². The fraction of sp³-hybridized carbons (Fsp3) is 0.885. The third-order valence-electron chi connectivity index (χ3n) is 5.19. The number of hydrogen-bond donors (Lipinski definition) is 2. The summed E-state index contributed by atoms with van der Waals surface area (Å²) in [5.41, 5.74) is 0. The molecular formula is C26H53NO7P+. The fourth-order valence-corrected chi connectivity index (χ4v) is 3.91. The summed E-state index contributed by atoms with van der Waals surface area (Å²) in [6.07, 6.45) is 17.8. The van der Waals surface area contributed by atoms with Crippen LogP contribution < -0.4 is 0 Å². The fourth-order valence-electron chi connectivity index (χ4n) is 3.16. The Morgan fingerprint density at radius 2 is 1.49 bits per heavy atom. The van der Waals surface area contributed by atoms with Crippen molar-refractivity contribution in [1.82, 2.24) is 0 Å². The Bertz CT molecular complexity index is 832. The lowest BCUT2D eigenvalue weighted by molar-refractivity contribution is -0.870. The average molecular weight is 532 g/mol. The number of carbonyl (C=O) groups excluding carboxylic acids is 1. The first-order valence-corrected chi connectivity index (χ1v) is 14.3. The van der Waals surface area contributed by atoms with Gasteiger partial charge in [0.15, 0.2) is 0 Å². The van der Waals surface area contributed by atoms with Crippen LogP contribution in [0, 0.1) is 0 Å². The molecule has 1 unspecified atom stereocenters. The zero-order chi connectivity index (χ0) is 33.9. The summed E-state index contributed by atoms with van der Waals surface area (Å²) in [6.45, 7) is -12.0. The summed E-state index contributed by atoms with van der Waals surface area (Å²) in [5, 5.41) is 9.92. The van der Waals surface area contributed by atoms with Crippen LogP contribution >= 0.6 is 7.82 Å². The van der Waals surface area contributed by atoms with E-state index in [1.807, 2.05) is 0 Å². The minimum atomic E-state index is -4.95. The molecule has 0 rings (SSSR count). The molecular weight excluding hydrogens is 469 g/mol. The molecule has 0 saturated heterocycles. The Morgan fingerprint density at radius 1 is 0.914 bits per heavy atom. The molecule has 0 spiro atoms. The number of aliphatic hydroxyl groups is 1. The smallest absolute Gasteiger partial charge is 0.463 e. The molecule has 0 heterocycles. The lowest BCUT2D eigenvalue weighted by Gasteiger charge is -2.24. The van der Waals surface area contributed by atoms with Gasteiger partial charge in [-0.25, -0.2) is 4.57 Å². The number of hydrogen-bond acceptors (Lipinski definition) is 6. The van der Waals surface area contributed by atoms with Crippen molar-refractivity contribution in [3.05, 3.63) is 12.2 Å². The predicted molar refractivity (Wildman–Crippen MR) is 141 cm³/mol. The van der Waals surface area contributed by atoms with Gasteiger partial charge in [0.05, 0.1) is 39.9 Å². The number of phosphoric ester groups is 1. The molecule has 0 saturated carbocycles. The summed E-state index contributed by atoms with van der Waals surface area (Å²) in [6, 6.07) is 0. The van der Waals surface area contributed by atoms with E-state index in [1.54, 1.807) is 0 Å². The highest BCUT2D eigenvalue weighted by molar-refractivity contribution is 7.47. The number of esters is 1. The lowest BCUT2D eigenvalue weighted by atomic mass is 10.1. The number of phosphoric acid groups is 1. The third-order valence-corrected chi connectivity index (χ3v) is 6.17. The third kappa shape index (κ3) is 26.1. The van der Waals surface area contributed by atoms with Crippen molar-refractivity contribution in [2.75, 3.05) is 47.3 Å². The summed E-state index contributed by atoms with van der Waals surface area (Å²) in [5.74, 6) is -0.543. The molecule has 0 radical (unpaired) electrons. The number of likely N-dealkylation sites (N-methyl/N-ethyl adjacent to an activating group) is 1. The van der Waals surface area contributed by atoms with Gasteiger partial charge in [-0.05, 0) is 32.1 Å². The first-order valence-electron chi connectivity index (χ1n) is 17.3. The van der Waals surface area contributed by atoms with Gasteiger partial charge in [0.2, 0.25) is 0 Å². The lowest BCUT2D eigenvalue weighted by Crippen LogP contribution is -2.37. The minimum absolute atomic E-state index is 0.157. The van der Waals surface area contributed by atoms with E-state index in [1.165, 1.54) is 38.5 Å². The summed E-state index contributed by atoms with van der Waals surface area (Å²) >= 11 is 0. The summed E-state index contributed by atoms with van der Waals surface area (Å²) < 4.78 is 91.6. The molecule has 8 nitrogen and oxygen atoms in total. The van der Waals surface area contributed by atoms with Crippen molar-refractivity contribution in [1.29, 1.82) is 0 Å². The number of unbranched alkanes of at least 4 members (excludes halogenated alkanes) is 11. The molecule has 2 N–H and O–H groups in total. The molecule has 0 aromatic carbocycles. The second kappa shape index (κ2) is 21.3. The maximum absolute atomic E-state index is 12.1. The number of nitrogens with zero attached hydrogens (tertiary/aromatic N) is 1. The monoisotopic (exact) mass is 531 g/mol. The first-order chi connectivity index (χ1) is 20.3. The largest absolute Gasteiger partial charge is 0.472 e. The van der Waals surface area contributed by atoms with E-state index in [4.69, 9.17) is 17.1 Å². The first kappa shape index (κ1) is 21.2. The normalized spacial score (nSPS) is 19.7. The van der Waals surface area contributed by atoms with Gasteiger partial charge in [0.1, 0.15) is 25.9 Å². The standard InChI is InChI=1S/C26H52NO7P/c1-5-6-7-8-9-10-11-12-13-14-15-16-17-18-19-20-26(29)32-23-25(28)24-34-35(30,31)33-22-21-27(2,3)4/h12-13,25,28H,5-11,14-24H2,1-4H3/p+1/b13-12-/t25-/m1/s1/i2D3,3D3,4D3. The second-order valence-corrected chi connectivity index (χ2v) is 10.3. The number of ether oxygens (including phenoxy) is 1. The number of quaternary nitrogens is 1. The van der Waals surface area contributed by atoms with Crippen molar-refractivity contribution in [3.8, 4) is 0 Å². The van der Waals surface area contributed by atoms with E-state index in [9.17, 15) is 19.4 Å². The zero-order valence-corrected chi connectivity index (χ0v) is 22.2. The maximum atomic E-state index is 12.1. The second-order valence-electron chi connectivity index (χ2n) is 8.80. The molecule has 0 aromatic rings. The van der Waals surface area contributed by atoms with Gasteiger partial charge in [-0.3, -0.25) is 13.8 Å². The van der Waals surface area contributed by atoms with Gasteiger partial charge < -0.3 is 19.2 Å². The number of aliphatic hydroxyl groups excluding tert-OH is 1. The summed E-state index contributed by atoms with van der Waals surface area (Å²) in [4.78, 5) is 21.7. The van der Waals surface area contributed by atoms with Crippen LogP contribution in [0.25, 0.3) is 0 Å². The van der Waals surface area contributed by atoms with E-state index in [-0.39, 0.29) is 6.42 Å². The number of rotatable bonds is 24. The van der Waals surface area contributed by atoms with Crippen molar-refractivity contribution >= 4 is 13.8 Å². The highest BCUT2D eigenvalue weighted by atomic mass is 31.2. The van der Waals surface area contributed by atoms with E-state index >= 15 is 0 Å². The van der Waals surface area contributed by atoms with Gasteiger partial charge in [-0.15, -0.1) is 0 Å². The molecule has 0 bridgehead atoms. The van der Waals surface area contributed by atoms with Crippen LogP contribution in [0.2, 0.25) is 0 Å². The van der Waals surface area contributed by atoms with Gasteiger partial charge in [0, 0.05) is 6.42 Å². The SMILES string of the molecule is [2H]C([2H])([2H])[N+](CCOP(=O)(O)OC[C@H](O)COC(=O)CCCCCCC/C=C\CCCCCCCC)(C([2H])([2H])[2H])C([2H])([2H])[2H]. The Morgan fingerprint density at radius 3 is 2.09 bits per heavy atom. The molecule has 0 aromatic heterocycles.